The van der Waals surface area contributed by atoms with Gasteiger partial charge in [-0.15, -0.1) is 10.2 Å². The fraction of sp³-hybridized carbons (Fsp3) is 0.192. The molecule has 1 aliphatic heterocycles. The molecule has 1 aliphatic carbocycles. The molecule has 37 heavy (non-hydrogen) atoms. The van der Waals surface area contributed by atoms with E-state index in [4.69, 9.17) is 17.3 Å². The first kappa shape index (κ1) is 25.0. The zero-order chi connectivity index (χ0) is 25.9. The smallest absolute Gasteiger partial charge is 0.234 e. The summed E-state index contributed by atoms with van der Waals surface area (Å²) in [6, 6.07) is 18.6. The number of nitrogens with two attached hydrogens (primary N) is 1. The SMILES string of the molecule is N#CC1=C(N)N(c2nnc(SCC(=O)Nc3ccccc3)s2)C2=C(C(=O)CCC2)C1c1ccc(Cl)cc1. The van der Waals surface area contributed by atoms with E-state index >= 15 is 0 Å². The molecule has 1 unspecified atom stereocenters. The molecule has 1 atom stereocenters. The van der Waals surface area contributed by atoms with Crippen molar-refractivity contribution < 1.29 is 9.59 Å². The highest BCUT2D eigenvalue weighted by Gasteiger charge is 2.41. The number of nitrogens with zero attached hydrogens (tertiary/aromatic N) is 4. The Balaban J connectivity index is 1.43. The second-order valence-corrected chi connectivity index (χ2v) is 11.0. The summed E-state index contributed by atoms with van der Waals surface area (Å²) in [5.41, 5.74) is 9.65. The van der Waals surface area contributed by atoms with E-state index in [0.29, 0.717) is 39.3 Å². The minimum atomic E-state index is -0.565. The van der Waals surface area contributed by atoms with Gasteiger partial charge in [0.15, 0.2) is 10.1 Å². The molecule has 0 bridgehead atoms. The van der Waals surface area contributed by atoms with Gasteiger partial charge in [-0.2, -0.15) is 5.26 Å². The summed E-state index contributed by atoms with van der Waals surface area (Å²) >= 11 is 8.59. The fourth-order valence-corrected chi connectivity index (χ4v) is 6.30. The predicted molar refractivity (Wildman–Crippen MR) is 145 cm³/mol. The van der Waals surface area contributed by atoms with Crippen molar-refractivity contribution in [3.05, 3.63) is 87.8 Å². The Morgan fingerprint density at radius 2 is 1.95 bits per heavy atom. The van der Waals surface area contributed by atoms with Crippen molar-refractivity contribution >= 4 is 57.2 Å². The molecule has 5 rings (SSSR count). The van der Waals surface area contributed by atoms with Gasteiger partial charge in [0.25, 0.3) is 0 Å². The highest BCUT2D eigenvalue weighted by atomic mass is 35.5. The average Bonchev–Trinajstić information content (AvgIpc) is 3.36. The molecular weight excluding hydrogens is 528 g/mol. The zero-order valence-electron chi connectivity index (χ0n) is 19.5. The number of carbonyl (C=O) groups excluding carboxylic acids is 2. The van der Waals surface area contributed by atoms with Gasteiger partial charge in [-0.3, -0.25) is 14.5 Å². The summed E-state index contributed by atoms with van der Waals surface area (Å²) in [4.78, 5) is 27.2. The Morgan fingerprint density at radius 1 is 1.19 bits per heavy atom. The van der Waals surface area contributed by atoms with E-state index < -0.39 is 5.92 Å². The number of hydrogen-bond acceptors (Lipinski definition) is 9. The van der Waals surface area contributed by atoms with Crippen LogP contribution < -0.4 is 16.0 Å². The molecule has 8 nitrogen and oxygen atoms in total. The third-order valence-corrected chi connectivity index (χ3v) is 8.38. The van der Waals surface area contributed by atoms with Gasteiger partial charge < -0.3 is 11.1 Å². The number of thioether (sulfide) groups is 1. The standard InChI is InChI=1S/C26H21ClN6O2S2/c27-16-11-9-15(10-12-16)22-18(13-28)24(29)33(19-7-4-8-20(34)23(19)22)25-31-32-26(37-25)36-14-21(35)30-17-5-2-1-3-6-17/h1-3,5-6,9-12,22H,4,7-8,14,29H2,(H,30,35). The first-order valence-corrected chi connectivity index (χ1v) is 13.7. The van der Waals surface area contributed by atoms with E-state index in [9.17, 15) is 14.9 Å². The van der Waals surface area contributed by atoms with Crippen LogP contribution in [0.3, 0.4) is 0 Å². The summed E-state index contributed by atoms with van der Waals surface area (Å²) in [7, 11) is 0. The molecular formula is C26H21ClN6O2S2. The van der Waals surface area contributed by atoms with Gasteiger partial charge in [-0.05, 0) is 42.7 Å². The van der Waals surface area contributed by atoms with E-state index in [0.717, 1.165) is 16.9 Å². The van der Waals surface area contributed by atoms with Gasteiger partial charge >= 0.3 is 0 Å². The number of amides is 1. The van der Waals surface area contributed by atoms with Crippen molar-refractivity contribution in [3.63, 3.8) is 0 Å². The normalized spacial score (nSPS) is 17.5. The number of para-hydroxylation sites is 1. The summed E-state index contributed by atoms with van der Waals surface area (Å²) in [5.74, 6) is -0.354. The van der Waals surface area contributed by atoms with E-state index in [2.05, 4.69) is 21.6 Å². The van der Waals surface area contributed by atoms with Crippen LogP contribution in [-0.2, 0) is 9.59 Å². The van der Waals surface area contributed by atoms with Crippen LogP contribution in [0.2, 0.25) is 5.02 Å². The van der Waals surface area contributed by atoms with Gasteiger partial charge in [-0.1, -0.05) is 65.0 Å². The lowest BCUT2D eigenvalue weighted by Crippen LogP contribution is -2.38. The Labute approximate surface area is 226 Å². The molecule has 2 aliphatic rings. The van der Waals surface area contributed by atoms with Crippen molar-refractivity contribution in [2.45, 2.75) is 29.5 Å². The van der Waals surface area contributed by atoms with E-state index in [1.165, 1.54) is 23.1 Å². The number of ketones is 1. The molecule has 0 radical (unpaired) electrons. The molecule has 0 fully saturated rings. The molecule has 186 valence electrons. The topological polar surface area (TPSA) is 125 Å². The van der Waals surface area contributed by atoms with Crippen molar-refractivity contribution in [1.82, 2.24) is 10.2 Å². The first-order valence-electron chi connectivity index (χ1n) is 11.5. The number of halogens is 1. The first-order chi connectivity index (χ1) is 18.0. The Bertz CT molecular complexity index is 1460. The van der Waals surface area contributed by atoms with E-state index in [-0.39, 0.29) is 28.8 Å². The lowest BCUT2D eigenvalue weighted by Gasteiger charge is -2.38. The van der Waals surface area contributed by atoms with Gasteiger partial charge in [0.2, 0.25) is 11.0 Å². The lowest BCUT2D eigenvalue weighted by molar-refractivity contribution is -0.116. The van der Waals surface area contributed by atoms with Gasteiger partial charge in [0.05, 0.1) is 23.3 Å². The Hall–Kier alpha value is -3.65. The number of nitriles is 1. The van der Waals surface area contributed by atoms with Crippen LogP contribution in [0.1, 0.15) is 30.7 Å². The zero-order valence-corrected chi connectivity index (χ0v) is 21.9. The molecule has 0 saturated heterocycles. The number of aromatic nitrogens is 2. The maximum absolute atomic E-state index is 13.2. The number of carbonyl (C=O) groups is 2. The van der Waals surface area contributed by atoms with Gasteiger partial charge in [0, 0.05) is 28.4 Å². The Morgan fingerprint density at radius 3 is 2.68 bits per heavy atom. The molecule has 0 spiro atoms. The molecule has 3 N–H and O–H groups in total. The lowest BCUT2D eigenvalue weighted by atomic mass is 9.76. The molecule has 3 aromatic rings. The number of nitrogens with one attached hydrogen (secondary N) is 1. The number of Topliss-reactive ketones (excluding diaryl/α,β-unsaturated/α-hetero) is 1. The summed E-state index contributed by atoms with van der Waals surface area (Å²) < 4.78 is 0.577. The molecule has 2 aromatic carbocycles. The van der Waals surface area contributed by atoms with Gasteiger partial charge in [-0.25, -0.2) is 0 Å². The fourth-order valence-electron chi connectivity index (χ4n) is 4.49. The molecule has 2 heterocycles. The summed E-state index contributed by atoms with van der Waals surface area (Å²) in [5, 5.41) is 22.5. The van der Waals surface area contributed by atoms with Crippen LogP contribution in [0.25, 0.3) is 0 Å². The number of rotatable bonds is 6. The van der Waals surface area contributed by atoms with Crippen LogP contribution in [-0.4, -0.2) is 27.6 Å². The second-order valence-electron chi connectivity index (χ2n) is 8.42. The van der Waals surface area contributed by atoms with Crippen LogP contribution in [0, 0.1) is 11.3 Å². The minimum absolute atomic E-state index is 0.0110. The highest BCUT2D eigenvalue weighted by molar-refractivity contribution is 8.01. The molecule has 1 aromatic heterocycles. The predicted octanol–water partition coefficient (Wildman–Crippen LogP) is 5.23. The van der Waals surface area contributed by atoms with Crippen molar-refractivity contribution in [1.29, 1.82) is 5.26 Å². The van der Waals surface area contributed by atoms with Gasteiger partial charge in [0.1, 0.15) is 5.82 Å². The number of benzene rings is 2. The third-order valence-electron chi connectivity index (χ3n) is 6.09. The third kappa shape index (κ3) is 5.11. The van der Waals surface area contributed by atoms with Crippen molar-refractivity contribution in [2.75, 3.05) is 16.0 Å². The maximum atomic E-state index is 13.2. The summed E-state index contributed by atoms with van der Waals surface area (Å²) in [6.07, 6.45) is 1.70. The van der Waals surface area contributed by atoms with Crippen molar-refractivity contribution in [3.8, 4) is 6.07 Å². The molecule has 11 heteroatoms. The second kappa shape index (κ2) is 10.8. The van der Waals surface area contributed by atoms with E-state index in [1.54, 1.807) is 17.0 Å². The van der Waals surface area contributed by atoms with Crippen LogP contribution in [0.15, 0.2) is 81.6 Å². The quantitative estimate of drug-likeness (QED) is 0.401. The monoisotopic (exact) mass is 548 g/mol. The van der Waals surface area contributed by atoms with Crippen LogP contribution >= 0.6 is 34.7 Å². The molecule has 1 amide bonds. The largest absolute Gasteiger partial charge is 0.384 e. The number of hydrogen-bond donors (Lipinski definition) is 2. The molecule has 0 saturated carbocycles. The number of anilines is 2. The van der Waals surface area contributed by atoms with Crippen LogP contribution in [0.4, 0.5) is 10.8 Å². The van der Waals surface area contributed by atoms with E-state index in [1.807, 2.05) is 42.5 Å². The average molecular weight is 549 g/mol. The Kier molecular flexibility index (Phi) is 7.28. The number of allylic oxidation sites excluding steroid dienone is 3. The minimum Gasteiger partial charge on any atom is -0.384 e. The highest BCUT2D eigenvalue weighted by Crippen LogP contribution is 2.47. The van der Waals surface area contributed by atoms with Crippen molar-refractivity contribution in [2.24, 2.45) is 5.73 Å². The maximum Gasteiger partial charge on any atom is 0.234 e. The summed E-state index contributed by atoms with van der Waals surface area (Å²) in [6.45, 7) is 0. The van der Waals surface area contributed by atoms with Crippen LogP contribution in [0.5, 0.6) is 0 Å².